The van der Waals surface area contributed by atoms with Crippen LogP contribution in [0.3, 0.4) is 0 Å². The molecular weight excluding hydrogens is 407 g/mol. The predicted molar refractivity (Wildman–Crippen MR) is 117 cm³/mol. The van der Waals surface area contributed by atoms with Crippen molar-refractivity contribution in [2.45, 2.75) is 56.2 Å². The first kappa shape index (κ1) is 20.9. The van der Waals surface area contributed by atoms with Crippen molar-refractivity contribution in [1.29, 1.82) is 5.26 Å². The molecule has 3 heterocycles. The number of halogens is 1. The van der Waals surface area contributed by atoms with E-state index >= 15 is 0 Å². The van der Waals surface area contributed by atoms with E-state index in [-0.39, 0.29) is 29.4 Å². The molecule has 0 N–H and O–H groups in total. The van der Waals surface area contributed by atoms with Gasteiger partial charge in [-0.05, 0) is 61.9 Å². The van der Waals surface area contributed by atoms with Crippen molar-refractivity contribution in [2.24, 2.45) is 0 Å². The molecule has 2 aromatic rings. The van der Waals surface area contributed by atoms with E-state index in [1.54, 1.807) is 24.4 Å². The van der Waals surface area contributed by atoms with Crippen molar-refractivity contribution >= 4 is 11.7 Å². The maximum atomic E-state index is 13.3. The second-order valence-electron chi connectivity index (χ2n) is 9.06. The molecule has 5 rings (SSSR count). The van der Waals surface area contributed by atoms with E-state index in [1.165, 1.54) is 12.1 Å². The van der Waals surface area contributed by atoms with Crippen LogP contribution in [0.5, 0.6) is 0 Å². The van der Waals surface area contributed by atoms with Crippen molar-refractivity contribution in [3.63, 3.8) is 0 Å². The lowest BCUT2D eigenvalue weighted by atomic mass is 9.75. The van der Waals surface area contributed by atoms with Crippen LogP contribution in [0.2, 0.25) is 0 Å². The molecule has 0 radical (unpaired) electrons. The first-order valence-corrected chi connectivity index (χ1v) is 11.4. The monoisotopic (exact) mass is 434 g/mol. The number of benzene rings is 1. The van der Waals surface area contributed by atoms with Crippen LogP contribution in [0.15, 0.2) is 42.6 Å². The number of anilines is 1. The number of likely N-dealkylation sites (tertiary alicyclic amines) is 1. The van der Waals surface area contributed by atoms with Gasteiger partial charge in [0.05, 0.1) is 24.2 Å². The Balaban J connectivity index is 1.17. The molecule has 1 amide bonds. The van der Waals surface area contributed by atoms with Gasteiger partial charge in [-0.3, -0.25) is 4.79 Å². The fourth-order valence-corrected chi connectivity index (χ4v) is 5.35. The van der Waals surface area contributed by atoms with Gasteiger partial charge in [-0.25, -0.2) is 9.37 Å². The summed E-state index contributed by atoms with van der Waals surface area (Å²) in [7, 11) is 0. The molecule has 1 saturated carbocycles. The molecule has 0 spiro atoms. The van der Waals surface area contributed by atoms with Crippen LogP contribution in [-0.2, 0) is 15.1 Å². The zero-order valence-corrected chi connectivity index (χ0v) is 18.0. The van der Waals surface area contributed by atoms with Crippen molar-refractivity contribution in [2.75, 3.05) is 24.6 Å². The summed E-state index contributed by atoms with van der Waals surface area (Å²) in [6.45, 7) is 1.77. The lowest BCUT2D eigenvalue weighted by Gasteiger charge is -2.43. The summed E-state index contributed by atoms with van der Waals surface area (Å²) in [6, 6.07) is 12.9. The summed E-state index contributed by atoms with van der Waals surface area (Å²) in [5, 5.41) is 8.99. The number of hydrogen-bond acceptors (Lipinski definition) is 5. The molecule has 32 heavy (non-hydrogen) atoms. The number of piperazine rings is 1. The zero-order valence-electron chi connectivity index (χ0n) is 18.0. The summed E-state index contributed by atoms with van der Waals surface area (Å²) >= 11 is 0. The summed E-state index contributed by atoms with van der Waals surface area (Å²) < 4.78 is 19.5. The van der Waals surface area contributed by atoms with Gasteiger partial charge in [0, 0.05) is 31.4 Å². The largest absolute Gasteiger partial charge is 0.370 e. The van der Waals surface area contributed by atoms with Gasteiger partial charge in [0.1, 0.15) is 17.7 Å². The van der Waals surface area contributed by atoms with Crippen LogP contribution in [0.25, 0.3) is 0 Å². The Kier molecular flexibility index (Phi) is 5.56. The lowest BCUT2D eigenvalue weighted by Crippen LogP contribution is -2.56. The molecule has 7 heteroatoms. The van der Waals surface area contributed by atoms with Gasteiger partial charge in [-0.1, -0.05) is 12.1 Å². The van der Waals surface area contributed by atoms with Crippen LogP contribution in [-0.4, -0.2) is 47.6 Å². The van der Waals surface area contributed by atoms with Gasteiger partial charge in [0.15, 0.2) is 0 Å². The number of carbonyl (C=O) groups is 1. The zero-order chi connectivity index (χ0) is 22.1. The molecule has 1 aliphatic carbocycles. The van der Waals surface area contributed by atoms with Crippen LogP contribution < -0.4 is 4.90 Å². The van der Waals surface area contributed by atoms with E-state index in [4.69, 9.17) is 10.00 Å². The third-order valence-electron chi connectivity index (χ3n) is 7.20. The molecule has 2 bridgehead atoms. The van der Waals surface area contributed by atoms with Gasteiger partial charge in [0.2, 0.25) is 5.91 Å². The molecule has 1 aromatic heterocycles. The normalized spacial score (nSPS) is 23.5. The second kappa shape index (κ2) is 8.51. The van der Waals surface area contributed by atoms with E-state index in [0.29, 0.717) is 31.7 Å². The van der Waals surface area contributed by atoms with Crippen molar-refractivity contribution < 1.29 is 13.9 Å². The number of nitrogens with zero attached hydrogens (tertiary/aromatic N) is 4. The van der Waals surface area contributed by atoms with Crippen LogP contribution >= 0.6 is 0 Å². The SMILES string of the molecule is N#Cc1ccc(N2C3CCC2CN(C(=O)CCOC2(c4ccc(F)cc4)CCC2)C3)nc1. The molecule has 2 unspecified atom stereocenters. The van der Waals surface area contributed by atoms with E-state index in [2.05, 4.69) is 16.0 Å². The lowest BCUT2D eigenvalue weighted by molar-refractivity contribution is -0.140. The van der Waals surface area contributed by atoms with Gasteiger partial charge in [0.25, 0.3) is 0 Å². The number of hydrogen-bond donors (Lipinski definition) is 0. The number of pyridine rings is 1. The minimum absolute atomic E-state index is 0.128. The average molecular weight is 435 g/mol. The molecular formula is C25H27FN4O2. The third-order valence-corrected chi connectivity index (χ3v) is 7.20. The maximum Gasteiger partial charge on any atom is 0.225 e. The number of amides is 1. The highest BCUT2D eigenvalue weighted by atomic mass is 19.1. The van der Waals surface area contributed by atoms with Crippen molar-refractivity contribution in [3.05, 3.63) is 59.5 Å². The highest BCUT2D eigenvalue weighted by molar-refractivity contribution is 5.77. The third kappa shape index (κ3) is 3.84. The average Bonchev–Trinajstić information content (AvgIpc) is 3.05. The number of fused-ring (bicyclic) bond motifs is 2. The Hall–Kier alpha value is -2.98. The minimum atomic E-state index is -0.368. The van der Waals surface area contributed by atoms with Crippen LogP contribution in [0.1, 0.15) is 49.7 Å². The van der Waals surface area contributed by atoms with E-state index in [0.717, 1.165) is 43.5 Å². The number of aromatic nitrogens is 1. The Labute approximate surface area is 187 Å². The number of carbonyl (C=O) groups excluding carboxylic acids is 1. The molecule has 2 aliphatic heterocycles. The molecule has 1 aromatic carbocycles. The molecule has 166 valence electrons. The summed E-state index contributed by atoms with van der Waals surface area (Å²) in [5.41, 5.74) is 1.19. The van der Waals surface area contributed by atoms with Gasteiger partial charge >= 0.3 is 0 Å². The fraction of sp³-hybridized carbons (Fsp3) is 0.480. The highest BCUT2D eigenvalue weighted by Gasteiger charge is 2.43. The summed E-state index contributed by atoms with van der Waals surface area (Å²) in [5.74, 6) is 0.768. The summed E-state index contributed by atoms with van der Waals surface area (Å²) in [6.07, 6.45) is 6.96. The van der Waals surface area contributed by atoms with E-state index in [9.17, 15) is 9.18 Å². The predicted octanol–water partition coefficient (Wildman–Crippen LogP) is 3.76. The minimum Gasteiger partial charge on any atom is -0.370 e. The van der Waals surface area contributed by atoms with Crippen molar-refractivity contribution in [1.82, 2.24) is 9.88 Å². The quantitative estimate of drug-likeness (QED) is 0.693. The van der Waals surface area contributed by atoms with Gasteiger partial charge < -0.3 is 14.5 Å². The highest BCUT2D eigenvalue weighted by Crippen LogP contribution is 2.45. The molecule has 3 fully saturated rings. The Morgan fingerprint density at radius 3 is 2.44 bits per heavy atom. The second-order valence-corrected chi connectivity index (χ2v) is 9.06. The number of ether oxygens (including phenoxy) is 1. The van der Waals surface area contributed by atoms with Crippen molar-refractivity contribution in [3.8, 4) is 6.07 Å². The topological polar surface area (TPSA) is 69.5 Å². The molecule has 3 aliphatic rings. The van der Waals surface area contributed by atoms with Gasteiger partial charge in [-0.15, -0.1) is 0 Å². The Morgan fingerprint density at radius 2 is 1.88 bits per heavy atom. The standard InChI is InChI=1S/C25H27FN4O2/c26-20-5-3-19(4-6-20)25(11-1-12-25)32-13-10-24(31)29-16-21-7-8-22(17-29)30(21)23-9-2-18(14-27)15-28-23/h2-6,9,15,21-22H,1,7-8,10-13,16-17H2. The fourth-order valence-electron chi connectivity index (χ4n) is 5.35. The number of nitriles is 1. The van der Waals surface area contributed by atoms with E-state index in [1.807, 2.05) is 11.0 Å². The number of rotatable bonds is 6. The van der Waals surface area contributed by atoms with E-state index < -0.39 is 0 Å². The molecule has 6 nitrogen and oxygen atoms in total. The summed E-state index contributed by atoms with van der Waals surface area (Å²) in [4.78, 5) is 21.7. The Morgan fingerprint density at radius 1 is 1.16 bits per heavy atom. The van der Waals surface area contributed by atoms with Crippen LogP contribution in [0, 0.1) is 17.1 Å². The van der Waals surface area contributed by atoms with Crippen LogP contribution in [0.4, 0.5) is 10.2 Å². The first-order chi connectivity index (χ1) is 15.6. The molecule has 2 atom stereocenters. The Bertz CT molecular complexity index is 1000. The first-order valence-electron chi connectivity index (χ1n) is 11.4. The van der Waals surface area contributed by atoms with Gasteiger partial charge in [-0.2, -0.15) is 5.26 Å². The maximum absolute atomic E-state index is 13.3. The molecule has 2 saturated heterocycles. The smallest absolute Gasteiger partial charge is 0.225 e.